The molecule has 1 heterocycles. The van der Waals surface area contributed by atoms with Gasteiger partial charge < -0.3 is 15.7 Å². The Hall–Kier alpha value is -2.11. The number of anilines is 1. The number of pyridine rings is 1. The number of carboxylic acid groups (broad SMARTS) is 1. The molecule has 6 nitrogen and oxygen atoms in total. The van der Waals surface area contributed by atoms with E-state index in [4.69, 9.17) is 0 Å². The number of aryl methyl sites for hydroxylation is 2. The summed E-state index contributed by atoms with van der Waals surface area (Å²) >= 11 is 0. The van der Waals surface area contributed by atoms with Gasteiger partial charge in [-0.15, -0.1) is 0 Å². The topological polar surface area (TPSA) is 91.3 Å². The fourth-order valence-electron chi connectivity index (χ4n) is 2.75. The molecule has 0 spiro atoms. The number of carbonyl (C=O) groups excluding carboxylic acids is 1. The Labute approximate surface area is 124 Å². The summed E-state index contributed by atoms with van der Waals surface area (Å²) in [5, 5.41) is 14.7. The van der Waals surface area contributed by atoms with Crippen molar-refractivity contribution in [2.75, 3.05) is 11.9 Å². The summed E-state index contributed by atoms with van der Waals surface area (Å²) in [4.78, 5) is 27.6. The van der Waals surface area contributed by atoms with Crippen molar-refractivity contribution < 1.29 is 14.7 Å². The number of aromatic nitrogens is 1. The lowest BCUT2D eigenvalue weighted by atomic mass is 9.86. The molecule has 2 rings (SSSR count). The molecule has 6 heteroatoms. The van der Waals surface area contributed by atoms with Crippen molar-refractivity contribution in [3.63, 3.8) is 0 Å². The number of nitrogens with one attached hydrogen (secondary N) is 2. The summed E-state index contributed by atoms with van der Waals surface area (Å²) in [7, 11) is 0. The molecule has 1 aromatic rings. The average molecular weight is 291 g/mol. The van der Waals surface area contributed by atoms with Crippen LogP contribution in [0.3, 0.4) is 0 Å². The zero-order valence-electron chi connectivity index (χ0n) is 12.4. The number of rotatable bonds is 4. The van der Waals surface area contributed by atoms with Crippen LogP contribution in [0.4, 0.5) is 10.5 Å². The van der Waals surface area contributed by atoms with Gasteiger partial charge in [0.2, 0.25) is 0 Å². The third kappa shape index (κ3) is 3.51. The highest BCUT2D eigenvalue weighted by molar-refractivity contribution is 5.90. The maximum Gasteiger partial charge on any atom is 0.319 e. The Morgan fingerprint density at radius 1 is 1.29 bits per heavy atom. The van der Waals surface area contributed by atoms with Gasteiger partial charge in [0.05, 0.1) is 16.8 Å². The quantitative estimate of drug-likeness (QED) is 0.794. The Morgan fingerprint density at radius 3 is 2.52 bits per heavy atom. The molecular weight excluding hydrogens is 270 g/mol. The second-order valence-corrected chi connectivity index (χ2v) is 5.69. The van der Waals surface area contributed by atoms with Gasteiger partial charge in [0.15, 0.2) is 0 Å². The monoisotopic (exact) mass is 291 g/mol. The number of urea groups is 1. The van der Waals surface area contributed by atoms with Crippen LogP contribution >= 0.6 is 0 Å². The first-order chi connectivity index (χ1) is 9.93. The van der Waals surface area contributed by atoms with E-state index in [1.807, 2.05) is 19.9 Å². The normalized spacial score (nSPS) is 16.5. The van der Waals surface area contributed by atoms with Gasteiger partial charge in [0, 0.05) is 12.2 Å². The molecule has 1 saturated carbocycles. The Balaban J connectivity index is 1.94. The van der Waals surface area contributed by atoms with Crippen molar-refractivity contribution in [2.45, 2.75) is 39.5 Å². The van der Waals surface area contributed by atoms with E-state index in [0.29, 0.717) is 18.5 Å². The highest BCUT2D eigenvalue weighted by Gasteiger charge is 2.41. The molecular formula is C15H21N3O3. The Bertz CT molecular complexity index is 551. The summed E-state index contributed by atoms with van der Waals surface area (Å²) < 4.78 is 0. The van der Waals surface area contributed by atoms with Gasteiger partial charge in [0.25, 0.3) is 0 Å². The predicted octanol–water partition coefficient (Wildman–Crippen LogP) is 2.46. The molecule has 114 valence electrons. The van der Waals surface area contributed by atoms with Gasteiger partial charge in [-0.1, -0.05) is 12.8 Å². The van der Waals surface area contributed by atoms with Crippen molar-refractivity contribution in [2.24, 2.45) is 5.41 Å². The molecule has 1 aromatic heterocycles. The van der Waals surface area contributed by atoms with E-state index >= 15 is 0 Å². The van der Waals surface area contributed by atoms with Crippen LogP contribution in [0.1, 0.15) is 37.1 Å². The number of aliphatic carboxylic acids is 1. The van der Waals surface area contributed by atoms with Crippen LogP contribution < -0.4 is 10.6 Å². The molecule has 0 saturated heterocycles. The molecule has 0 radical (unpaired) electrons. The minimum atomic E-state index is -0.825. The van der Waals surface area contributed by atoms with Crippen LogP contribution in [0.2, 0.25) is 0 Å². The van der Waals surface area contributed by atoms with E-state index in [1.165, 1.54) is 0 Å². The van der Waals surface area contributed by atoms with Gasteiger partial charge in [-0.05, 0) is 38.8 Å². The number of carbonyl (C=O) groups is 2. The van der Waals surface area contributed by atoms with Gasteiger partial charge in [-0.25, -0.2) is 4.79 Å². The first-order valence-electron chi connectivity index (χ1n) is 7.15. The van der Waals surface area contributed by atoms with E-state index in [0.717, 1.165) is 24.2 Å². The second kappa shape index (κ2) is 6.11. The lowest BCUT2D eigenvalue weighted by molar-refractivity contribution is -0.148. The highest BCUT2D eigenvalue weighted by Crippen LogP contribution is 2.37. The first-order valence-corrected chi connectivity index (χ1v) is 7.15. The minimum Gasteiger partial charge on any atom is -0.481 e. The molecule has 0 bridgehead atoms. The average Bonchev–Trinajstić information content (AvgIpc) is 2.90. The summed E-state index contributed by atoms with van der Waals surface area (Å²) in [5.41, 5.74) is 1.44. The Morgan fingerprint density at radius 2 is 1.95 bits per heavy atom. The summed E-state index contributed by atoms with van der Waals surface area (Å²) in [5.74, 6) is -0.825. The van der Waals surface area contributed by atoms with Crippen molar-refractivity contribution in [1.29, 1.82) is 0 Å². The molecule has 3 N–H and O–H groups in total. The predicted molar refractivity (Wildman–Crippen MR) is 79.3 cm³/mol. The van der Waals surface area contributed by atoms with Gasteiger partial charge >= 0.3 is 12.0 Å². The van der Waals surface area contributed by atoms with E-state index in [1.54, 1.807) is 6.07 Å². The summed E-state index contributed by atoms with van der Waals surface area (Å²) in [6.45, 7) is 3.86. The molecule has 2 amide bonds. The summed E-state index contributed by atoms with van der Waals surface area (Å²) in [6, 6.07) is 3.22. The fraction of sp³-hybridized carbons (Fsp3) is 0.533. The number of amides is 2. The lowest BCUT2D eigenvalue weighted by Crippen LogP contribution is -2.42. The van der Waals surface area contributed by atoms with Crippen LogP contribution in [0, 0.1) is 19.3 Å². The van der Waals surface area contributed by atoms with Crippen LogP contribution in [0.25, 0.3) is 0 Å². The number of hydrogen-bond donors (Lipinski definition) is 3. The maximum atomic E-state index is 11.9. The van der Waals surface area contributed by atoms with E-state index in [-0.39, 0.29) is 6.54 Å². The first kappa shape index (κ1) is 15.3. The van der Waals surface area contributed by atoms with E-state index in [9.17, 15) is 14.7 Å². The summed E-state index contributed by atoms with van der Waals surface area (Å²) in [6.07, 6.45) is 3.04. The Kier molecular flexibility index (Phi) is 4.45. The number of hydrogen-bond acceptors (Lipinski definition) is 3. The molecule has 0 aliphatic heterocycles. The van der Waals surface area contributed by atoms with E-state index in [2.05, 4.69) is 15.6 Å². The smallest absolute Gasteiger partial charge is 0.319 e. The molecule has 1 aliphatic rings. The van der Waals surface area contributed by atoms with Crippen LogP contribution in [0.5, 0.6) is 0 Å². The standard InChI is InChI=1S/C15H21N3O3/c1-10-5-6-12(11(2)17-10)18-14(21)16-9-15(13(19)20)7-3-4-8-15/h5-6H,3-4,7-9H2,1-2H3,(H,19,20)(H2,16,18,21). The minimum absolute atomic E-state index is 0.159. The SMILES string of the molecule is Cc1ccc(NC(=O)NCC2(C(=O)O)CCCC2)c(C)n1. The van der Waals surface area contributed by atoms with Crippen molar-refractivity contribution >= 4 is 17.7 Å². The van der Waals surface area contributed by atoms with Crippen LogP contribution in [-0.2, 0) is 4.79 Å². The molecule has 1 aliphatic carbocycles. The van der Waals surface area contributed by atoms with Gasteiger partial charge in [0.1, 0.15) is 0 Å². The largest absolute Gasteiger partial charge is 0.481 e. The molecule has 1 fully saturated rings. The zero-order valence-corrected chi connectivity index (χ0v) is 12.4. The van der Waals surface area contributed by atoms with Gasteiger partial charge in [-0.3, -0.25) is 9.78 Å². The number of carboxylic acids is 1. The fourth-order valence-corrected chi connectivity index (χ4v) is 2.75. The second-order valence-electron chi connectivity index (χ2n) is 5.69. The van der Waals surface area contributed by atoms with Gasteiger partial charge in [-0.2, -0.15) is 0 Å². The zero-order chi connectivity index (χ0) is 15.5. The highest BCUT2D eigenvalue weighted by atomic mass is 16.4. The third-order valence-corrected chi connectivity index (χ3v) is 4.07. The number of nitrogens with zero attached hydrogens (tertiary/aromatic N) is 1. The molecule has 0 aromatic carbocycles. The maximum absolute atomic E-state index is 11.9. The lowest BCUT2D eigenvalue weighted by Gasteiger charge is -2.24. The van der Waals surface area contributed by atoms with Crippen molar-refractivity contribution in [3.8, 4) is 0 Å². The molecule has 0 unspecified atom stereocenters. The van der Waals surface area contributed by atoms with Crippen LogP contribution in [0.15, 0.2) is 12.1 Å². The van der Waals surface area contributed by atoms with E-state index < -0.39 is 17.4 Å². The van der Waals surface area contributed by atoms with Crippen LogP contribution in [-0.4, -0.2) is 28.6 Å². The van der Waals surface area contributed by atoms with Crippen molar-refractivity contribution in [1.82, 2.24) is 10.3 Å². The van der Waals surface area contributed by atoms with Crippen molar-refractivity contribution in [3.05, 3.63) is 23.5 Å². The third-order valence-electron chi connectivity index (χ3n) is 4.07. The molecule has 21 heavy (non-hydrogen) atoms. The molecule has 0 atom stereocenters.